The van der Waals surface area contributed by atoms with Crippen LogP contribution >= 0.6 is 0 Å². The summed E-state index contributed by atoms with van der Waals surface area (Å²) < 4.78 is 10.7. The van der Waals surface area contributed by atoms with Crippen molar-refractivity contribution in [3.8, 4) is 0 Å². The maximum Gasteiger partial charge on any atom is 0.157 e. The zero-order valence-electron chi connectivity index (χ0n) is 8.95. The maximum absolute atomic E-state index is 9.28. The Morgan fingerprint density at radius 2 is 2.06 bits per heavy atom. The van der Waals surface area contributed by atoms with E-state index >= 15 is 0 Å². The Morgan fingerprint density at radius 1 is 1.31 bits per heavy atom. The van der Waals surface area contributed by atoms with E-state index in [-0.39, 0.29) is 12.7 Å². The van der Waals surface area contributed by atoms with Crippen LogP contribution in [0.3, 0.4) is 0 Å². The monoisotopic (exact) mass is 224 g/mol. The molecule has 0 saturated carbocycles. The normalized spacial score (nSPS) is 29.5. The molecule has 0 bridgehead atoms. The fourth-order valence-corrected chi connectivity index (χ4v) is 1.81. The fourth-order valence-electron chi connectivity index (χ4n) is 1.81. The lowest BCUT2D eigenvalue weighted by Crippen LogP contribution is -2.27. The molecule has 0 aromatic heterocycles. The van der Waals surface area contributed by atoms with Crippen molar-refractivity contribution in [2.24, 2.45) is 0 Å². The molecular weight excluding hydrogens is 208 g/mol. The Labute approximate surface area is 94.4 Å². The SMILES string of the molecule is OC[C@H]1OC(O)C[C@H]1OCc1ccccc1. The summed E-state index contributed by atoms with van der Waals surface area (Å²) >= 11 is 0. The first-order valence-electron chi connectivity index (χ1n) is 5.39. The van der Waals surface area contributed by atoms with Crippen molar-refractivity contribution in [3.05, 3.63) is 35.9 Å². The zero-order valence-corrected chi connectivity index (χ0v) is 8.95. The minimum absolute atomic E-state index is 0.128. The summed E-state index contributed by atoms with van der Waals surface area (Å²) in [4.78, 5) is 0. The first-order chi connectivity index (χ1) is 7.79. The van der Waals surface area contributed by atoms with Gasteiger partial charge in [0.2, 0.25) is 0 Å². The van der Waals surface area contributed by atoms with E-state index in [1.54, 1.807) is 0 Å². The highest BCUT2D eigenvalue weighted by atomic mass is 16.6. The van der Waals surface area contributed by atoms with Crippen molar-refractivity contribution >= 4 is 0 Å². The molecule has 1 unspecified atom stereocenters. The van der Waals surface area contributed by atoms with Crippen molar-refractivity contribution in [2.45, 2.75) is 31.5 Å². The zero-order chi connectivity index (χ0) is 11.4. The van der Waals surface area contributed by atoms with E-state index in [4.69, 9.17) is 14.6 Å². The minimum Gasteiger partial charge on any atom is -0.394 e. The summed E-state index contributed by atoms with van der Waals surface area (Å²) in [6, 6.07) is 9.78. The lowest BCUT2D eigenvalue weighted by molar-refractivity contribution is -0.112. The third-order valence-electron chi connectivity index (χ3n) is 2.67. The Balaban J connectivity index is 1.86. The smallest absolute Gasteiger partial charge is 0.157 e. The predicted octanol–water partition coefficient (Wildman–Crippen LogP) is 0.671. The predicted molar refractivity (Wildman–Crippen MR) is 57.6 cm³/mol. The van der Waals surface area contributed by atoms with Gasteiger partial charge in [-0.1, -0.05) is 30.3 Å². The van der Waals surface area contributed by atoms with Gasteiger partial charge in [0.25, 0.3) is 0 Å². The molecule has 1 aliphatic heterocycles. The highest BCUT2D eigenvalue weighted by Gasteiger charge is 2.34. The molecule has 1 aliphatic rings. The van der Waals surface area contributed by atoms with Crippen LogP contribution in [0.1, 0.15) is 12.0 Å². The van der Waals surface area contributed by atoms with Crippen LogP contribution in [0.5, 0.6) is 0 Å². The minimum atomic E-state index is -0.821. The van der Waals surface area contributed by atoms with Crippen LogP contribution in [0.4, 0.5) is 0 Å². The van der Waals surface area contributed by atoms with Crippen LogP contribution in [-0.2, 0) is 16.1 Å². The van der Waals surface area contributed by atoms with Crippen LogP contribution in [0.2, 0.25) is 0 Å². The molecule has 0 aliphatic carbocycles. The number of benzene rings is 1. The molecule has 88 valence electrons. The number of ether oxygens (including phenoxy) is 2. The number of aliphatic hydroxyl groups excluding tert-OH is 2. The Kier molecular flexibility index (Phi) is 3.90. The average Bonchev–Trinajstić information content (AvgIpc) is 2.68. The second kappa shape index (κ2) is 5.41. The van der Waals surface area contributed by atoms with E-state index in [9.17, 15) is 5.11 Å². The third-order valence-corrected chi connectivity index (χ3v) is 2.67. The molecule has 2 N–H and O–H groups in total. The summed E-state index contributed by atoms with van der Waals surface area (Å²) in [5, 5.41) is 18.3. The van der Waals surface area contributed by atoms with Gasteiger partial charge in [0.15, 0.2) is 6.29 Å². The largest absolute Gasteiger partial charge is 0.394 e. The second-order valence-corrected chi connectivity index (χ2v) is 3.88. The van der Waals surface area contributed by atoms with E-state index in [1.807, 2.05) is 30.3 Å². The van der Waals surface area contributed by atoms with Gasteiger partial charge >= 0.3 is 0 Å². The van der Waals surface area contributed by atoms with Crippen LogP contribution in [0, 0.1) is 0 Å². The number of hydrogen-bond donors (Lipinski definition) is 2. The molecule has 4 heteroatoms. The van der Waals surface area contributed by atoms with Crippen molar-refractivity contribution in [1.29, 1.82) is 0 Å². The Hall–Kier alpha value is -0.940. The standard InChI is InChI=1S/C12H16O4/c13-7-11-10(6-12(14)16-11)15-8-9-4-2-1-3-5-9/h1-5,10-14H,6-8H2/t10-,11-,12?/m1/s1. The topological polar surface area (TPSA) is 58.9 Å². The number of rotatable bonds is 4. The van der Waals surface area contributed by atoms with Gasteiger partial charge in [-0.3, -0.25) is 0 Å². The van der Waals surface area contributed by atoms with Crippen molar-refractivity contribution < 1.29 is 19.7 Å². The first kappa shape index (κ1) is 11.5. The number of aliphatic hydroxyl groups is 2. The third kappa shape index (κ3) is 2.80. The average molecular weight is 224 g/mol. The molecule has 1 aromatic rings. The summed E-state index contributed by atoms with van der Waals surface area (Å²) in [5.74, 6) is 0. The molecular formula is C12H16O4. The quantitative estimate of drug-likeness (QED) is 0.789. The van der Waals surface area contributed by atoms with Gasteiger partial charge in [0, 0.05) is 6.42 Å². The fraction of sp³-hybridized carbons (Fsp3) is 0.500. The molecule has 1 fully saturated rings. The molecule has 4 nitrogen and oxygen atoms in total. The first-order valence-corrected chi connectivity index (χ1v) is 5.39. The molecule has 3 atom stereocenters. The van der Waals surface area contributed by atoms with Gasteiger partial charge in [-0.05, 0) is 5.56 Å². The highest BCUT2D eigenvalue weighted by Crippen LogP contribution is 2.22. The molecule has 1 saturated heterocycles. The van der Waals surface area contributed by atoms with Crippen LogP contribution in [0.15, 0.2) is 30.3 Å². The maximum atomic E-state index is 9.28. The van der Waals surface area contributed by atoms with Gasteiger partial charge in [0.1, 0.15) is 6.10 Å². The van der Waals surface area contributed by atoms with Crippen LogP contribution in [0.25, 0.3) is 0 Å². The van der Waals surface area contributed by atoms with Crippen molar-refractivity contribution in [3.63, 3.8) is 0 Å². The lowest BCUT2D eigenvalue weighted by atomic mass is 10.2. The van der Waals surface area contributed by atoms with E-state index in [2.05, 4.69) is 0 Å². The van der Waals surface area contributed by atoms with Crippen molar-refractivity contribution in [1.82, 2.24) is 0 Å². The van der Waals surface area contributed by atoms with E-state index < -0.39 is 12.4 Å². The molecule has 16 heavy (non-hydrogen) atoms. The summed E-state index contributed by atoms with van der Waals surface area (Å²) in [5.41, 5.74) is 1.07. The molecule has 0 spiro atoms. The van der Waals surface area contributed by atoms with E-state index in [0.717, 1.165) is 5.56 Å². The summed E-state index contributed by atoms with van der Waals surface area (Å²) in [6.45, 7) is 0.342. The van der Waals surface area contributed by atoms with Gasteiger partial charge in [0.05, 0.1) is 19.3 Å². The second-order valence-electron chi connectivity index (χ2n) is 3.88. The van der Waals surface area contributed by atoms with Gasteiger partial charge < -0.3 is 19.7 Å². The lowest BCUT2D eigenvalue weighted by Gasteiger charge is -2.16. The van der Waals surface area contributed by atoms with Gasteiger partial charge in [-0.15, -0.1) is 0 Å². The van der Waals surface area contributed by atoms with E-state index in [1.165, 1.54) is 0 Å². The Bertz CT molecular complexity index is 314. The van der Waals surface area contributed by atoms with Crippen molar-refractivity contribution in [2.75, 3.05) is 6.61 Å². The highest BCUT2D eigenvalue weighted by molar-refractivity contribution is 5.13. The molecule has 0 radical (unpaired) electrons. The van der Waals surface area contributed by atoms with Crippen LogP contribution < -0.4 is 0 Å². The molecule has 0 amide bonds. The van der Waals surface area contributed by atoms with Crippen LogP contribution in [-0.4, -0.2) is 35.3 Å². The van der Waals surface area contributed by atoms with Gasteiger partial charge in [-0.25, -0.2) is 0 Å². The number of hydrogen-bond acceptors (Lipinski definition) is 4. The molecule has 1 heterocycles. The van der Waals surface area contributed by atoms with E-state index in [0.29, 0.717) is 13.0 Å². The molecule has 1 aromatic carbocycles. The summed E-state index contributed by atoms with van der Waals surface area (Å²) in [7, 11) is 0. The molecule has 2 rings (SSSR count). The Morgan fingerprint density at radius 3 is 2.75 bits per heavy atom. The summed E-state index contributed by atoms with van der Waals surface area (Å²) in [6.07, 6.45) is -1.06. The van der Waals surface area contributed by atoms with Gasteiger partial charge in [-0.2, -0.15) is 0 Å².